The molecule has 3 aliphatic rings. The van der Waals surface area contributed by atoms with Gasteiger partial charge in [0.05, 0.1) is 29.4 Å². The first-order chi connectivity index (χ1) is 26.6. The Bertz CT molecular complexity index is 2060. The fourth-order valence-corrected chi connectivity index (χ4v) is 7.31. The molecule has 7 rings (SSSR count). The minimum absolute atomic E-state index is 0.186. The number of nitrogen functional groups attached to an aromatic ring is 1. The Labute approximate surface area is 320 Å². The van der Waals surface area contributed by atoms with Gasteiger partial charge in [-0.15, -0.1) is 0 Å². The van der Waals surface area contributed by atoms with Crippen LogP contribution in [0.3, 0.4) is 0 Å². The Balaban J connectivity index is 0.000000225. The van der Waals surface area contributed by atoms with Crippen LogP contribution in [-0.2, 0) is 23.9 Å². The maximum atomic E-state index is 14.6. The maximum absolute atomic E-state index is 14.6. The molecule has 5 N–H and O–H groups in total. The number of amides is 4. The lowest BCUT2D eigenvalue weighted by Gasteiger charge is -2.42. The summed E-state index contributed by atoms with van der Waals surface area (Å²) in [6, 6.07) is 15.3. The van der Waals surface area contributed by atoms with Crippen molar-refractivity contribution in [3.8, 4) is 0 Å². The number of hydrogen-bond donors (Lipinski definition) is 3. The molecule has 13 nitrogen and oxygen atoms in total. The van der Waals surface area contributed by atoms with Gasteiger partial charge in [-0.1, -0.05) is 74.5 Å². The number of carbonyl (C=O) groups excluding carboxylic acids is 4. The molecule has 2 aromatic carbocycles. The molecule has 0 aliphatic carbocycles. The monoisotopic (exact) mass is 780 g/mol. The van der Waals surface area contributed by atoms with E-state index in [4.69, 9.17) is 16.2 Å². The van der Waals surface area contributed by atoms with Crippen LogP contribution in [0, 0.1) is 11.8 Å². The van der Waals surface area contributed by atoms with E-state index in [2.05, 4.69) is 15.4 Å². The van der Waals surface area contributed by atoms with Crippen molar-refractivity contribution in [2.45, 2.75) is 76.1 Å². The Morgan fingerprint density at radius 1 is 0.821 bits per heavy atom. The lowest BCUT2D eigenvalue weighted by Crippen LogP contribution is -2.52. The summed E-state index contributed by atoms with van der Waals surface area (Å²) >= 11 is 0. The van der Waals surface area contributed by atoms with E-state index >= 15 is 0 Å². The zero-order valence-electron chi connectivity index (χ0n) is 30.9. The van der Waals surface area contributed by atoms with Crippen LogP contribution in [0.15, 0.2) is 73.1 Å². The molecule has 5 atom stereocenters. The fraction of sp³-hybridized carbons (Fsp3) is 0.436. The molecule has 3 aliphatic heterocycles. The number of pyridine rings is 1. The molecule has 0 radical (unpaired) electrons. The normalized spacial score (nSPS) is 24.4. The van der Waals surface area contributed by atoms with Crippen LogP contribution in [0.5, 0.6) is 0 Å². The van der Waals surface area contributed by atoms with Gasteiger partial charge in [0.2, 0.25) is 0 Å². The number of fused-ring (bicyclic) bond motifs is 1. The molecular weight excluding hydrogens is 736 g/mol. The van der Waals surface area contributed by atoms with Gasteiger partial charge in [-0.3, -0.25) is 19.2 Å². The predicted octanol–water partition coefficient (Wildman–Crippen LogP) is 5.61. The highest BCUT2D eigenvalue weighted by atomic mass is 19.3. The van der Waals surface area contributed by atoms with Crippen molar-refractivity contribution >= 4 is 46.0 Å². The third-order valence-electron chi connectivity index (χ3n) is 10.7. The number of nitrogens with two attached hydrogens (primary N) is 2. The first-order valence-corrected chi connectivity index (χ1v) is 18.4. The lowest BCUT2D eigenvalue weighted by molar-refractivity contribution is -0.159. The van der Waals surface area contributed by atoms with E-state index in [0.29, 0.717) is 28.6 Å². The van der Waals surface area contributed by atoms with E-state index in [-0.39, 0.29) is 30.8 Å². The van der Waals surface area contributed by atoms with Crippen LogP contribution < -0.4 is 16.8 Å². The lowest BCUT2D eigenvalue weighted by atomic mass is 9.86. The van der Waals surface area contributed by atoms with Gasteiger partial charge in [-0.25, -0.2) is 27.2 Å². The number of nitrogens with zero attached hydrogens (tertiary/aromatic N) is 5. The van der Waals surface area contributed by atoms with Crippen LogP contribution in [0.2, 0.25) is 0 Å². The van der Waals surface area contributed by atoms with Gasteiger partial charge < -0.3 is 31.3 Å². The van der Waals surface area contributed by atoms with Crippen molar-refractivity contribution in [3.63, 3.8) is 0 Å². The van der Waals surface area contributed by atoms with Gasteiger partial charge in [0.15, 0.2) is 0 Å². The summed E-state index contributed by atoms with van der Waals surface area (Å²) in [5.74, 6) is -11.6. The van der Waals surface area contributed by atoms with Crippen molar-refractivity contribution in [2.24, 2.45) is 17.6 Å². The van der Waals surface area contributed by atoms with Crippen LogP contribution in [0.1, 0.15) is 75.4 Å². The fourth-order valence-electron chi connectivity index (χ4n) is 7.31. The zero-order chi connectivity index (χ0) is 40.4. The van der Waals surface area contributed by atoms with E-state index in [1.165, 1.54) is 24.9 Å². The first kappa shape index (κ1) is 40.1. The van der Waals surface area contributed by atoms with Gasteiger partial charge in [0.25, 0.3) is 11.8 Å². The van der Waals surface area contributed by atoms with E-state index in [0.717, 1.165) is 24.2 Å². The second kappa shape index (κ2) is 16.3. The Hall–Kier alpha value is -5.58. The summed E-state index contributed by atoms with van der Waals surface area (Å²) in [6.07, 6.45) is 4.51. The predicted molar refractivity (Wildman–Crippen MR) is 198 cm³/mol. The van der Waals surface area contributed by atoms with Gasteiger partial charge in [-0.2, -0.15) is 5.10 Å². The molecule has 5 heterocycles. The molecule has 3 saturated heterocycles. The zero-order valence-corrected chi connectivity index (χ0v) is 30.9. The number of aromatic nitrogens is 3. The van der Waals surface area contributed by atoms with Gasteiger partial charge in [-0.05, 0) is 30.4 Å². The van der Waals surface area contributed by atoms with Gasteiger partial charge >= 0.3 is 23.6 Å². The molecule has 3 fully saturated rings. The van der Waals surface area contributed by atoms with Crippen molar-refractivity contribution in [2.75, 3.05) is 30.7 Å². The highest BCUT2D eigenvalue weighted by Gasteiger charge is 2.50. The van der Waals surface area contributed by atoms with Crippen molar-refractivity contribution in [1.82, 2.24) is 24.6 Å². The van der Waals surface area contributed by atoms with Crippen LogP contribution in [0.25, 0.3) is 10.9 Å². The molecule has 0 saturated carbocycles. The van der Waals surface area contributed by atoms with Gasteiger partial charge in [0.1, 0.15) is 17.6 Å². The Morgan fingerprint density at radius 2 is 1.36 bits per heavy atom. The molecule has 56 heavy (non-hydrogen) atoms. The number of halogens is 4. The molecule has 0 spiro atoms. The minimum atomic E-state index is -2.96. The first-order valence-electron chi connectivity index (χ1n) is 18.4. The second-order valence-electron chi connectivity index (χ2n) is 14.6. The SMILES string of the molecule is CC1CN(C(=O)C(=O)Nc2cnc(N)c3cn(C4CCCCO4)nc23)C(c2ccccc2)CC1(F)F.CC1CN(C(=O)C(N)=O)C(c2ccccc2)CC1(F)F. The maximum Gasteiger partial charge on any atom is 0.314 e. The molecule has 17 heteroatoms. The molecule has 298 valence electrons. The van der Waals surface area contributed by atoms with Crippen molar-refractivity contribution < 1.29 is 41.5 Å². The smallest absolute Gasteiger partial charge is 0.314 e. The summed E-state index contributed by atoms with van der Waals surface area (Å²) in [4.78, 5) is 55.8. The summed E-state index contributed by atoms with van der Waals surface area (Å²) < 4.78 is 64.5. The summed E-state index contributed by atoms with van der Waals surface area (Å²) in [5, 5.41) is 7.65. The van der Waals surface area contributed by atoms with Crippen molar-refractivity contribution in [3.05, 3.63) is 84.2 Å². The number of likely N-dealkylation sites (tertiary alicyclic amines) is 2. The second-order valence-corrected chi connectivity index (χ2v) is 14.6. The van der Waals surface area contributed by atoms with E-state index < -0.39 is 72.2 Å². The van der Waals surface area contributed by atoms with Crippen LogP contribution in [0.4, 0.5) is 29.1 Å². The minimum Gasteiger partial charge on any atom is -0.383 e. The largest absolute Gasteiger partial charge is 0.383 e. The highest BCUT2D eigenvalue weighted by molar-refractivity contribution is 6.40. The third kappa shape index (κ3) is 8.46. The van der Waals surface area contributed by atoms with Crippen LogP contribution >= 0.6 is 0 Å². The third-order valence-corrected chi connectivity index (χ3v) is 10.7. The number of alkyl halides is 4. The summed E-state index contributed by atoms with van der Waals surface area (Å²) in [7, 11) is 0. The quantitative estimate of drug-likeness (QED) is 0.177. The number of ether oxygens (including phenoxy) is 1. The molecule has 4 aromatic rings. The molecule has 5 unspecified atom stereocenters. The number of hydrogen-bond acceptors (Lipinski definition) is 8. The molecule has 2 aromatic heterocycles. The summed E-state index contributed by atoms with van der Waals surface area (Å²) in [5.41, 5.74) is 12.7. The van der Waals surface area contributed by atoms with E-state index in [1.807, 2.05) is 0 Å². The number of rotatable bonds is 4. The topological polar surface area (TPSA) is 179 Å². The number of anilines is 2. The van der Waals surface area contributed by atoms with Gasteiger partial charge in [0, 0.05) is 50.6 Å². The average Bonchev–Trinajstić information content (AvgIpc) is 3.65. The van der Waals surface area contributed by atoms with E-state index in [9.17, 15) is 36.7 Å². The number of primary amides is 1. The molecule has 4 amide bonds. The van der Waals surface area contributed by atoms with Crippen LogP contribution in [-0.4, -0.2) is 79.7 Å². The highest BCUT2D eigenvalue weighted by Crippen LogP contribution is 2.44. The number of piperidine rings is 2. The molecule has 0 bridgehead atoms. The summed E-state index contributed by atoms with van der Waals surface area (Å²) in [6.45, 7) is 2.94. The number of carbonyl (C=O) groups is 4. The molecular formula is C39H44F4N8O5. The standard InChI is InChI=1S/C25H28F2N6O3.C14H16F2N2O2/c1-15-13-32(19(11-25(15,26)27)16-7-3-2-4-8-16)24(35)23(34)30-18-12-29-22(28)17-14-33(31-21(17)18)20-9-5-6-10-36-20;1-9-8-18(13(20)12(17)19)11(7-14(9,15)16)10-5-3-2-4-6-10/h2-4,7-8,12,14-15,19-20H,5-6,9-11,13H2,1H3,(H2,28,29)(H,30,34);2-6,9,11H,7-8H2,1H3,(H2,17,19). The van der Waals surface area contributed by atoms with Crippen molar-refractivity contribution in [1.29, 1.82) is 0 Å². The average molecular weight is 781 g/mol. The van der Waals surface area contributed by atoms with E-state index in [1.54, 1.807) is 71.5 Å². The Kier molecular flexibility index (Phi) is 11.6. The Morgan fingerprint density at radius 3 is 1.86 bits per heavy atom. The number of nitrogens with one attached hydrogen (secondary N) is 1. The number of benzene rings is 2.